The van der Waals surface area contributed by atoms with E-state index in [1.807, 2.05) is 0 Å². The summed E-state index contributed by atoms with van der Waals surface area (Å²) in [6.07, 6.45) is 3.05. The van der Waals surface area contributed by atoms with Crippen molar-refractivity contribution in [3.8, 4) is 0 Å². The Kier molecular flexibility index (Phi) is 5.97. The van der Waals surface area contributed by atoms with Crippen molar-refractivity contribution < 1.29 is 14.5 Å². The minimum Gasteiger partial charge on any atom is -0.331 e. The van der Waals surface area contributed by atoms with E-state index in [4.69, 9.17) is 0 Å². The Labute approximate surface area is 172 Å². The van der Waals surface area contributed by atoms with E-state index in [2.05, 4.69) is 47.9 Å². The van der Waals surface area contributed by atoms with Crippen LogP contribution in [0.15, 0.2) is 24.3 Å². The number of carbonyl (C=O) groups excluding carboxylic acids is 2. The first-order chi connectivity index (χ1) is 13.6. The van der Waals surface area contributed by atoms with Gasteiger partial charge < -0.3 is 14.7 Å². The highest BCUT2D eigenvalue weighted by Gasteiger charge is 2.40. The molecule has 2 heterocycles. The summed E-state index contributed by atoms with van der Waals surface area (Å²) in [7, 11) is 0. The van der Waals surface area contributed by atoms with Crippen molar-refractivity contribution in [2.24, 2.45) is 5.92 Å². The second kappa shape index (κ2) is 8.46. The van der Waals surface area contributed by atoms with Crippen LogP contribution in [0.3, 0.4) is 0 Å². The summed E-state index contributed by atoms with van der Waals surface area (Å²) in [5.41, 5.74) is 2.48. The number of hydrogen-bond donors (Lipinski definition) is 1. The van der Waals surface area contributed by atoms with Crippen LogP contribution in [0.25, 0.3) is 0 Å². The highest BCUT2D eigenvalue weighted by Crippen LogP contribution is 2.43. The second-order valence-corrected chi connectivity index (χ2v) is 9.71. The van der Waals surface area contributed by atoms with E-state index in [0.29, 0.717) is 17.7 Å². The molecule has 0 spiro atoms. The van der Waals surface area contributed by atoms with Crippen molar-refractivity contribution in [2.45, 2.75) is 43.7 Å². The number of piperazine rings is 1. The maximum atomic E-state index is 12.9. The van der Waals surface area contributed by atoms with E-state index in [-0.39, 0.29) is 10.6 Å². The third kappa shape index (κ3) is 4.23. The highest BCUT2D eigenvalue weighted by molar-refractivity contribution is 8.01. The number of nitrogens with zero attached hydrogens (tertiary/aromatic N) is 2. The highest BCUT2D eigenvalue weighted by atomic mass is 32.2. The van der Waals surface area contributed by atoms with E-state index in [1.54, 1.807) is 11.8 Å². The average Bonchev–Trinajstić information content (AvgIpc) is 3.51. The van der Waals surface area contributed by atoms with Crippen LogP contribution < -0.4 is 4.90 Å². The van der Waals surface area contributed by atoms with Crippen LogP contribution in [-0.2, 0) is 9.59 Å². The largest absolute Gasteiger partial charge is 0.331 e. The van der Waals surface area contributed by atoms with Crippen LogP contribution in [0.2, 0.25) is 0 Å². The number of amides is 2. The van der Waals surface area contributed by atoms with E-state index in [1.165, 1.54) is 16.0 Å². The molecule has 6 heteroatoms. The number of hydrogen-bond acceptors (Lipinski definition) is 3. The van der Waals surface area contributed by atoms with Gasteiger partial charge in [-0.3, -0.25) is 9.59 Å². The predicted molar refractivity (Wildman–Crippen MR) is 112 cm³/mol. The molecule has 0 aromatic heterocycles. The number of rotatable bonds is 6. The summed E-state index contributed by atoms with van der Waals surface area (Å²) >= 11 is 1.80. The molecule has 152 valence electrons. The van der Waals surface area contributed by atoms with E-state index < -0.39 is 0 Å². The van der Waals surface area contributed by atoms with Crippen LogP contribution in [0.4, 0.5) is 0 Å². The SMILES string of the molecule is CC[C@H]1S[C@@H](c2ccc(C)cc2)N(CC[NH+]2CCN(C(=O)C3CC3)CC2)C1=O. The zero-order valence-electron chi connectivity index (χ0n) is 17.0. The van der Waals surface area contributed by atoms with Gasteiger partial charge in [-0.25, -0.2) is 0 Å². The lowest BCUT2D eigenvalue weighted by atomic mass is 10.1. The summed E-state index contributed by atoms with van der Waals surface area (Å²) in [6, 6.07) is 8.61. The fourth-order valence-electron chi connectivity index (χ4n) is 4.24. The molecule has 0 unspecified atom stereocenters. The number of benzene rings is 1. The van der Waals surface area contributed by atoms with Gasteiger partial charge in [0.1, 0.15) is 5.37 Å². The van der Waals surface area contributed by atoms with Crippen molar-refractivity contribution in [3.05, 3.63) is 35.4 Å². The molecule has 1 aromatic rings. The van der Waals surface area contributed by atoms with Crippen molar-refractivity contribution >= 4 is 23.6 Å². The maximum absolute atomic E-state index is 12.9. The molecule has 2 aliphatic heterocycles. The van der Waals surface area contributed by atoms with Gasteiger partial charge in [-0.05, 0) is 31.7 Å². The molecule has 3 fully saturated rings. The number of quaternary nitrogens is 1. The zero-order valence-corrected chi connectivity index (χ0v) is 17.8. The number of carbonyl (C=O) groups is 2. The molecule has 1 N–H and O–H groups in total. The molecule has 2 saturated heterocycles. The van der Waals surface area contributed by atoms with Gasteiger partial charge in [-0.2, -0.15) is 0 Å². The van der Waals surface area contributed by atoms with Crippen LogP contribution in [0.5, 0.6) is 0 Å². The van der Waals surface area contributed by atoms with Gasteiger partial charge in [0.05, 0.1) is 44.5 Å². The molecular weight excluding hydrogens is 370 g/mol. The predicted octanol–water partition coefficient (Wildman–Crippen LogP) is 1.48. The molecule has 4 rings (SSSR count). The lowest BCUT2D eigenvalue weighted by molar-refractivity contribution is -0.903. The molecule has 5 nitrogen and oxygen atoms in total. The van der Waals surface area contributed by atoms with Crippen LogP contribution in [-0.4, -0.2) is 66.1 Å². The molecular formula is C22H32N3O2S+. The lowest BCUT2D eigenvalue weighted by Crippen LogP contribution is -3.15. The van der Waals surface area contributed by atoms with Crippen LogP contribution in [0.1, 0.15) is 42.7 Å². The number of nitrogens with one attached hydrogen (secondary N) is 1. The minimum absolute atomic E-state index is 0.0781. The molecule has 2 amide bonds. The summed E-state index contributed by atoms with van der Waals surface area (Å²) in [5, 5.41) is 0.212. The van der Waals surface area contributed by atoms with E-state index in [0.717, 1.165) is 58.5 Å². The Bertz CT molecular complexity index is 711. The maximum Gasteiger partial charge on any atom is 0.237 e. The van der Waals surface area contributed by atoms with Crippen molar-refractivity contribution in [1.82, 2.24) is 9.80 Å². The third-order valence-electron chi connectivity index (χ3n) is 6.28. The van der Waals surface area contributed by atoms with Crippen LogP contribution in [0, 0.1) is 12.8 Å². The lowest BCUT2D eigenvalue weighted by Gasteiger charge is -2.33. The summed E-state index contributed by atoms with van der Waals surface area (Å²) in [6.45, 7) is 9.70. The topological polar surface area (TPSA) is 45.1 Å². The molecule has 0 radical (unpaired) electrons. The van der Waals surface area contributed by atoms with Gasteiger partial charge in [0.25, 0.3) is 0 Å². The van der Waals surface area contributed by atoms with Gasteiger partial charge in [-0.1, -0.05) is 36.8 Å². The fraction of sp³-hybridized carbons (Fsp3) is 0.636. The Balaban J connectivity index is 1.34. The molecule has 3 aliphatic rings. The molecule has 2 atom stereocenters. The molecule has 1 aliphatic carbocycles. The van der Waals surface area contributed by atoms with E-state index in [9.17, 15) is 9.59 Å². The summed E-state index contributed by atoms with van der Waals surface area (Å²) in [4.78, 5) is 30.8. The Morgan fingerprint density at radius 3 is 2.46 bits per heavy atom. The van der Waals surface area contributed by atoms with Gasteiger partial charge in [0.15, 0.2) is 0 Å². The number of thioether (sulfide) groups is 1. The summed E-state index contributed by atoms with van der Waals surface area (Å²) < 4.78 is 0. The van der Waals surface area contributed by atoms with Crippen molar-refractivity contribution in [3.63, 3.8) is 0 Å². The van der Waals surface area contributed by atoms with Crippen LogP contribution >= 0.6 is 11.8 Å². The fourth-order valence-corrected chi connectivity index (χ4v) is 5.66. The van der Waals surface area contributed by atoms with Crippen molar-refractivity contribution in [2.75, 3.05) is 39.3 Å². The van der Waals surface area contributed by atoms with Gasteiger partial charge in [-0.15, -0.1) is 11.8 Å². The standard InChI is InChI=1S/C22H31N3O2S/c1-3-19-21(27)25(22(28-19)18-6-4-16(2)5-7-18)15-12-23-10-13-24(14-11-23)20(26)17-8-9-17/h4-7,17,19,22H,3,8-15H2,1-2H3/p+1/t19-,22+/m1/s1. The first-order valence-corrected chi connectivity index (χ1v) is 11.7. The number of aryl methyl sites for hydroxylation is 1. The third-order valence-corrected chi connectivity index (χ3v) is 7.93. The molecule has 0 bridgehead atoms. The molecule has 1 saturated carbocycles. The van der Waals surface area contributed by atoms with Gasteiger partial charge >= 0.3 is 0 Å². The first-order valence-electron chi connectivity index (χ1n) is 10.7. The Morgan fingerprint density at radius 2 is 1.86 bits per heavy atom. The zero-order chi connectivity index (χ0) is 19.7. The minimum atomic E-state index is 0.0781. The normalized spacial score (nSPS) is 26.1. The quantitative estimate of drug-likeness (QED) is 0.784. The average molecular weight is 403 g/mol. The monoisotopic (exact) mass is 402 g/mol. The van der Waals surface area contributed by atoms with Crippen molar-refractivity contribution in [1.29, 1.82) is 0 Å². The second-order valence-electron chi connectivity index (χ2n) is 8.43. The summed E-state index contributed by atoms with van der Waals surface area (Å²) in [5.74, 6) is 0.984. The van der Waals surface area contributed by atoms with Gasteiger partial charge in [0, 0.05) is 5.92 Å². The molecule has 1 aromatic carbocycles. The Morgan fingerprint density at radius 1 is 1.18 bits per heavy atom. The first kappa shape index (κ1) is 19.8. The van der Waals surface area contributed by atoms with E-state index >= 15 is 0 Å². The van der Waals surface area contributed by atoms with Gasteiger partial charge in [0.2, 0.25) is 11.8 Å². The Hall–Kier alpha value is -1.53. The molecule has 28 heavy (non-hydrogen) atoms. The smallest absolute Gasteiger partial charge is 0.237 e.